The van der Waals surface area contributed by atoms with E-state index < -0.39 is 16.8 Å². The number of hydrogen-bond acceptors (Lipinski definition) is 7. The van der Waals surface area contributed by atoms with E-state index in [1.165, 1.54) is 50.8 Å². The van der Waals surface area contributed by atoms with Gasteiger partial charge in [-0.05, 0) is 23.8 Å². The van der Waals surface area contributed by atoms with Crippen LogP contribution in [-0.4, -0.2) is 47.3 Å². The summed E-state index contributed by atoms with van der Waals surface area (Å²) in [4.78, 5) is 38.7. The van der Waals surface area contributed by atoms with Crippen LogP contribution in [0.2, 0.25) is 0 Å². The molecule has 1 heterocycles. The quantitative estimate of drug-likeness (QED) is 0.190. The molecule has 3 N–H and O–H groups in total. The normalized spacial score (nSPS) is 10.9. The second kappa shape index (κ2) is 9.97. The van der Waals surface area contributed by atoms with Gasteiger partial charge in [0.25, 0.3) is 11.6 Å². The molecule has 0 bridgehead atoms. The second-order valence-electron chi connectivity index (χ2n) is 7.50. The number of H-pyrrole nitrogens is 1. The minimum Gasteiger partial charge on any atom is -0.493 e. The van der Waals surface area contributed by atoms with E-state index in [2.05, 4.69) is 15.5 Å². The maximum Gasteiger partial charge on any atom is 0.340 e. The Hall–Kier alpha value is -5.19. The van der Waals surface area contributed by atoms with Crippen LogP contribution in [0.5, 0.6) is 11.5 Å². The van der Waals surface area contributed by atoms with Crippen LogP contribution in [-0.2, 0) is 0 Å². The van der Waals surface area contributed by atoms with Crippen molar-refractivity contribution in [3.05, 3.63) is 87.6 Å². The van der Waals surface area contributed by atoms with Gasteiger partial charge < -0.3 is 19.6 Å². The van der Waals surface area contributed by atoms with Gasteiger partial charge in [-0.1, -0.05) is 30.3 Å². The third-order valence-electron chi connectivity index (χ3n) is 5.44. The van der Waals surface area contributed by atoms with E-state index in [1.54, 1.807) is 24.3 Å². The number of carboxylic acid groups (broad SMARTS) is 1. The van der Waals surface area contributed by atoms with Gasteiger partial charge in [0.2, 0.25) is 0 Å². The van der Waals surface area contributed by atoms with Crippen molar-refractivity contribution in [3.8, 4) is 22.6 Å². The minimum absolute atomic E-state index is 0.0175. The van der Waals surface area contributed by atoms with Crippen molar-refractivity contribution in [2.75, 3.05) is 14.2 Å². The third-order valence-corrected chi connectivity index (χ3v) is 5.44. The highest BCUT2D eigenvalue weighted by Gasteiger charge is 2.22. The molecule has 0 aliphatic heterocycles. The van der Waals surface area contributed by atoms with Gasteiger partial charge >= 0.3 is 5.97 Å². The molecule has 0 aliphatic rings. The van der Waals surface area contributed by atoms with Gasteiger partial charge in [-0.3, -0.25) is 14.9 Å². The SMILES string of the molecule is COc1ccc(/C=N\NC(=O)c2[nH]c3ccc([N+](=O)[O-])cc3c2-c2ccccc2)c(C(=O)O)c1OC. The second-order valence-corrected chi connectivity index (χ2v) is 7.50. The Kier molecular flexibility index (Phi) is 6.63. The lowest BCUT2D eigenvalue weighted by Crippen LogP contribution is -2.19. The molecule has 0 atom stereocenters. The fourth-order valence-corrected chi connectivity index (χ4v) is 3.86. The Morgan fingerprint density at radius 1 is 1.08 bits per heavy atom. The number of fused-ring (bicyclic) bond motifs is 1. The van der Waals surface area contributed by atoms with Crippen LogP contribution in [0, 0.1) is 10.1 Å². The molecule has 0 saturated carbocycles. The summed E-state index contributed by atoms with van der Waals surface area (Å²) in [6, 6.07) is 16.2. The first-order valence-electron chi connectivity index (χ1n) is 10.5. The van der Waals surface area contributed by atoms with Gasteiger partial charge in [-0.25, -0.2) is 10.2 Å². The smallest absolute Gasteiger partial charge is 0.340 e. The number of aromatic amines is 1. The molecule has 182 valence electrons. The van der Waals surface area contributed by atoms with E-state index in [9.17, 15) is 24.8 Å². The van der Waals surface area contributed by atoms with Crippen LogP contribution < -0.4 is 14.9 Å². The Morgan fingerprint density at radius 3 is 2.47 bits per heavy atom. The van der Waals surface area contributed by atoms with E-state index in [4.69, 9.17) is 9.47 Å². The molecule has 0 fully saturated rings. The van der Waals surface area contributed by atoms with E-state index in [-0.39, 0.29) is 34.0 Å². The van der Waals surface area contributed by atoms with E-state index in [0.29, 0.717) is 22.0 Å². The standard InChI is InChI=1S/C25H20N4O7/c1-35-19-11-8-15(21(25(31)32)23(19)36-2)13-26-28-24(30)22-20(14-6-4-3-5-7-14)17-12-16(29(33)34)9-10-18(17)27-22/h3-13,27H,1-2H3,(H,28,30)(H,31,32)/b26-13-. The molecule has 3 aromatic carbocycles. The van der Waals surface area contributed by atoms with Gasteiger partial charge in [0.05, 0.1) is 25.4 Å². The summed E-state index contributed by atoms with van der Waals surface area (Å²) >= 11 is 0. The molecular weight excluding hydrogens is 468 g/mol. The maximum absolute atomic E-state index is 13.1. The lowest BCUT2D eigenvalue weighted by molar-refractivity contribution is -0.384. The van der Waals surface area contributed by atoms with Crippen LogP contribution in [0.1, 0.15) is 26.4 Å². The van der Waals surface area contributed by atoms with Crippen LogP contribution in [0.25, 0.3) is 22.0 Å². The maximum atomic E-state index is 13.1. The predicted molar refractivity (Wildman–Crippen MR) is 132 cm³/mol. The first-order valence-corrected chi connectivity index (χ1v) is 10.5. The number of nitrogens with zero attached hydrogens (tertiary/aromatic N) is 2. The molecule has 1 amide bonds. The first-order chi connectivity index (χ1) is 17.3. The molecule has 11 heteroatoms. The molecule has 0 radical (unpaired) electrons. The molecule has 36 heavy (non-hydrogen) atoms. The van der Waals surface area contributed by atoms with Gasteiger partial charge in [-0.15, -0.1) is 0 Å². The number of methoxy groups -OCH3 is 2. The van der Waals surface area contributed by atoms with Gasteiger partial charge in [0, 0.05) is 34.2 Å². The van der Waals surface area contributed by atoms with Crippen molar-refractivity contribution in [2.24, 2.45) is 5.10 Å². The Bertz CT molecular complexity index is 1510. The number of ether oxygens (including phenoxy) is 2. The summed E-state index contributed by atoms with van der Waals surface area (Å²) in [5, 5.41) is 25.4. The number of hydrogen-bond donors (Lipinski definition) is 3. The summed E-state index contributed by atoms with van der Waals surface area (Å²) in [5.41, 5.74) is 4.08. The van der Waals surface area contributed by atoms with Crippen molar-refractivity contribution in [1.82, 2.24) is 10.4 Å². The van der Waals surface area contributed by atoms with Gasteiger partial charge in [-0.2, -0.15) is 5.10 Å². The number of hydrazone groups is 1. The zero-order valence-electron chi connectivity index (χ0n) is 19.1. The van der Waals surface area contributed by atoms with Crippen LogP contribution >= 0.6 is 0 Å². The number of amides is 1. The summed E-state index contributed by atoms with van der Waals surface area (Å²) in [6.07, 6.45) is 1.18. The monoisotopic (exact) mass is 488 g/mol. The predicted octanol–water partition coefficient (Wildman–Crippen LogP) is 4.22. The zero-order chi connectivity index (χ0) is 25.8. The molecule has 4 rings (SSSR count). The lowest BCUT2D eigenvalue weighted by atomic mass is 10.0. The highest BCUT2D eigenvalue weighted by Crippen LogP contribution is 2.35. The number of benzene rings is 3. The fraction of sp³-hybridized carbons (Fsp3) is 0.0800. The number of nitro groups is 1. The largest absolute Gasteiger partial charge is 0.493 e. The Labute approximate surface area is 204 Å². The first kappa shape index (κ1) is 24.0. The van der Waals surface area contributed by atoms with Crippen molar-refractivity contribution < 1.29 is 29.1 Å². The van der Waals surface area contributed by atoms with E-state index in [0.717, 1.165) is 0 Å². The number of aromatic carboxylic acids is 1. The molecule has 0 aliphatic carbocycles. The average Bonchev–Trinajstić information content (AvgIpc) is 3.27. The molecule has 0 saturated heterocycles. The number of nitro benzene ring substituents is 1. The molecular formula is C25H20N4O7. The number of rotatable bonds is 8. The highest BCUT2D eigenvalue weighted by atomic mass is 16.6. The fourth-order valence-electron chi connectivity index (χ4n) is 3.86. The van der Waals surface area contributed by atoms with E-state index >= 15 is 0 Å². The number of aromatic nitrogens is 1. The third kappa shape index (κ3) is 4.44. The van der Waals surface area contributed by atoms with Gasteiger partial charge in [0.15, 0.2) is 11.5 Å². The summed E-state index contributed by atoms with van der Waals surface area (Å²) in [5.74, 6) is -1.64. The lowest BCUT2D eigenvalue weighted by Gasteiger charge is -2.12. The zero-order valence-corrected chi connectivity index (χ0v) is 19.1. The van der Waals surface area contributed by atoms with Crippen molar-refractivity contribution in [2.45, 2.75) is 0 Å². The Morgan fingerprint density at radius 2 is 1.83 bits per heavy atom. The minimum atomic E-state index is -1.26. The molecule has 4 aromatic rings. The molecule has 11 nitrogen and oxygen atoms in total. The van der Waals surface area contributed by atoms with E-state index in [1.807, 2.05) is 6.07 Å². The number of non-ortho nitro benzene ring substituents is 1. The average molecular weight is 488 g/mol. The van der Waals surface area contributed by atoms with Crippen LogP contribution in [0.4, 0.5) is 5.69 Å². The number of nitrogens with one attached hydrogen (secondary N) is 2. The van der Waals surface area contributed by atoms with Crippen molar-refractivity contribution in [3.63, 3.8) is 0 Å². The van der Waals surface area contributed by atoms with Crippen molar-refractivity contribution in [1.29, 1.82) is 0 Å². The molecule has 1 aromatic heterocycles. The highest BCUT2D eigenvalue weighted by molar-refractivity contribution is 6.10. The van der Waals surface area contributed by atoms with Crippen LogP contribution in [0.15, 0.2) is 65.8 Å². The van der Waals surface area contributed by atoms with Crippen molar-refractivity contribution >= 4 is 34.7 Å². The summed E-state index contributed by atoms with van der Waals surface area (Å²) in [6.45, 7) is 0. The molecule has 0 unspecified atom stereocenters. The van der Waals surface area contributed by atoms with Gasteiger partial charge in [0.1, 0.15) is 11.3 Å². The topological polar surface area (TPSA) is 156 Å². The molecule has 0 spiro atoms. The number of carbonyl (C=O) groups excluding carboxylic acids is 1. The number of carbonyl (C=O) groups is 2. The number of carboxylic acids is 1. The Balaban J connectivity index is 1.73. The van der Waals surface area contributed by atoms with Crippen LogP contribution in [0.3, 0.4) is 0 Å². The summed E-state index contributed by atoms with van der Waals surface area (Å²) in [7, 11) is 2.70. The summed E-state index contributed by atoms with van der Waals surface area (Å²) < 4.78 is 10.3.